The van der Waals surface area contributed by atoms with E-state index < -0.39 is 49.5 Å². The fourth-order valence-corrected chi connectivity index (χ4v) is 9.87. The van der Waals surface area contributed by atoms with Gasteiger partial charge in [0.15, 0.2) is 6.29 Å². The molecule has 9 heteroatoms. The summed E-state index contributed by atoms with van der Waals surface area (Å²) in [4.78, 5) is 13.1. The van der Waals surface area contributed by atoms with Crippen molar-refractivity contribution in [3.63, 3.8) is 0 Å². The number of aliphatic hydroxyl groups excluding tert-OH is 5. The van der Waals surface area contributed by atoms with Crippen LogP contribution in [0, 0.1) is 0 Å². The third-order valence-electron chi connectivity index (χ3n) is 14.8. The summed E-state index contributed by atoms with van der Waals surface area (Å²) in [5.74, 6) is -0.144. The van der Waals surface area contributed by atoms with Crippen LogP contribution in [0.5, 0.6) is 0 Å². The molecule has 1 aliphatic rings. The Morgan fingerprint density at radius 2 is 0.827 bits per heavy atom. The predicted molar refractivity (Wildman–Crippen MR) is 318 cm³/mol. The second kappa shape index (κ2) is 55.0. The molecule has 1 rings (SSSR count). The highest BCUT2D eigenvalue weighted by molar-refractivity contribution is 5.76. The highest BCUT2D eigenvalue weighted by Gasteiger charge is 2.44. The van der Waals surface area contributed by atoms with E-state index in [0.717, 1.165) is 77.0 Å². The van der Waals surface area contributed by atoms with Crippen LogP contribution in [0.3, 0.4) is 0 Å². The standard InChI is InChI=1S/C66H119NO8/c1-3-5-7-9-11-13-15-17-19-21-23-24-25-26-27-28-29-30-31-32-33-34-35-36-38-40-42-44-46-48-50-52-54-56-62(70)67-59(58-74-66-65(73)64(72)63(71)61(57-68)75-66)60(69)55-53-51-49-47-45-43-41-39-37-22-20-18-16-14-12-10-8-6-4-2/h5,7,11,13,17,19,23-24,26-27,29-30,59-61,63-66,68-69,71-73H,3-4,6,8-10,12,14-16,18,20-22,25,28,31-58H2,1-2H3,(H,67,70)/b7-5-,13-11-,19-17-,24-23-,27-26-,30-29-. The molecule has 0 aromatic carbocycles. The van der Waals surface area contributed by atoms with E-state index in [-0.39, 0.29) is 12.5 Å². The zero-order valence-electron chi connectivity index (χ0n) is 48.5. The van der Waals surface area contributed by atoms with Gasteiger partial charge in [0.2, 0.25) is 5.91 Å². The van der Waals surface area contributed by atoms with Crippen LogP contribution in [-0.4, -0.2) is 87.5 Å². The lowest BCUT2D eigenvalue weighted by Gasteiger charge is -2.40. The lowest BCUT2D eigenvalue weighted by Crippen LogP contribution is -2.60. The lowest BCUT2D eigenvalue weighted by atomic mass is 9.99. The zero-order chi connectivity index (χ0) is 54.3. The Kier molecular flexibility index (Phi) is 51.8. The van der Waals surface area contributed by atoms with Crippen molar-refractivity contribution >= 4 is 5.91 Å². The van der Waals surface area contributed by atoms with Gasteiger partial charge in [-0.3, -0.25) is 4.79 Å². The molecule has 75 heavy (non-hydrogen) atoms. The van der Waals surface area contributed by atoms with Crippen molar-refractivity contribution in [2.75, 3.05) is 13.2 Å². The predicted octanol–water partition coefficient (Wildman–Crippen LogP) is 16.4. The fourth-order valence-electron chi connectivity index (χ4n) is 9.87. The van der Waals surface area contributed by atoms with Crippen molar-refractivity contribution < 1.29 is 39.8 Å². The molecule has 7 atom stereocenters. The van der Waals surface area contributed by atoms with Crippen LogP contribution in [0.25, 0.3) is 0 Å². The normalized spacial score (nSPS) is 19.4. The zero-order valence-corrected chi connectivity index (χ0v) is 48.5. The van der Waals surface area contributed by atoms with E-state index in [2.05, 4.69) is 92.1 Å². The van der Waals surface area contributed by atoms with Crippen molar-refractivity contribution in [1.82, 2.24) is 5.32 Å². The minimum atomic E-state index is -1.56. The average molecular weight is 1050 g/mol. The molecule has 436 valence electrons. The largest absolute Gasteiger partial charge is 0.394 e. The molecule has 1 heterocycles. The molecular weight excluding hydrogens is 935 g/mol. The number of amides is 1. The molecule has 0 saturated carbocycles. The highest BCUT2D eigenvalue weighted by Crippen LogP contribution is 2.23. The molecule has 1 saturated heterocycles. The minimum absolute atomic E-state index is 0.138. The summed E-state index contributed by atoms with van der Waals surface area (Å²) in [6.45, 7) is 3.75. The molecule has 0 bridgehead atoms. The monoisotopic (exact) mass is 1050 g/mol. The van der Waals surface area contributed by atoms with Crippen molar-refractivity contribution in [1.29, 1.82) is 0 Å². The molecule has 9 nitrogen and oxygen atoms in total. The van der Waals surface area contributed by atoms with Crippen LogP contribution in [-0.2, 0) is 14.3 Å². The minimum Gasteiger partial charge on any atom is -0.394 e. The van der Waals surface area contributed by atoms with E-state index in [0.29, 0.717) is 12.8 Å². The SMILES string of the molecule is CC/C=C\C/C=C\C/C=C\C/C=C\C/C=C\C/C=C\CCCCCCCCCCCCCCCCC(=O)NC(COC1OC(CO)C(O)C(O)C1O)C(O)CCCCCCCCCCCCCCCCCCCCC. The molecule has 1 amide bonds. The first-order chi connectivity index (χ1) is 36.8. The summed E-state index contributed by atoms with van der Waals surface area (Å²) < 4.78 is 11.3. The molecular formula is C66H119NO8. The first-order valence-corrected chi connectivity index (χ1v) is 31.6. The van der Waals surface area contributed by atoms with Crippen molar-refractivity contribution in [2.45, 2.75) is 326 Å². The van der Waals surface area contributed by atoms with Crippen molar-refractivity contribution in [3.05, 3.63) is 72.9 Å². The summed E-state index contributed by atoms with van der Waals surface area (Å²) in [6, 6.07) is -0.723. The van der Waals surface area contributed by atoms with E-state index in [9.17, 15) is 30.3 Å². The second-order valence-corrected chi connectivity index (χ2v) is 21.8. The van der Waals surface area contributed by atoms with Crippen molar-refractivity contribution in [2.24, 2.45) is 0 Å². The summed E-state index contributed by atoms with van der Waals surface area (Å²) in [7, 11) is 0. The number of hydrogen-bond acceptors (Lipinski definition) is 8. The van der Waals surface area contributed by atoms with E-state index in [1.165, 1.54) is 180 Å². The Balaban J connectivity index is 2.14. The number of carbonyl (C=O) groups excluding carboxylic acids is 1. The van der Waals surface area contributed by atoms with Crippen LogP contribution in [0.4, 0.5) is 0 Å². The van der Waals surface area contributed by atoms with Gasteiger partial charge in [0.05, 0.1) is 25.4 Å². The maximum absolute atomic E-state index is 13.1. The Bertz CT molecular complexity index is 1410. The van der Waals surface area contributed by atoms with Crippen LogP contribution in [0.15, 0.2) is 72.9 Å². The van der Waals surface area contributed by atoms with E-state index >= 15 is 0 Å². The van der Waals surface area contributed by atoms with E-state index in [1.807, 2.05) is 0 Å². The maximum atomic E-state index is 13.1. The van der Waals surface area contributed by atoms with Gasteiger partial charge in [-0.15, -0.1) is 0 Å². The molecule has 1 aliphatic heterocycles. The maximum Gasteiger partial charge on any atom is 0.220 e. The quantitative estimate of drug-likeness (QED) is 0.0261. The van der Waals surface area contributed by atoms with Crippen LogP contribution in [0.2, 0.25) is 0 Å². The number of aliphatic hydroxyl groups is 5. The molecule has 0 aromatic rings. The van der Waals surface area contributed by atoms with Crippen molar-refractivity contribution in [3.8, 4) is 0 Å². The lowest BCUT2D eigenvalue weighted by molar-refractivity contribution is -0.302. The fraction of sp³-hybridized carbons (Fsp3) is 0.803. The number of carbonyl (C=O) groups is 1. The molecule has 7 unspecified atom stereocenters. The van der Waals surface area contributed by atoms with Gasteiger partial charge in [-0.25, -0.2) is 0 Å². The third-order valence-corrected chi connectivity index (χ3v) is 14.8. The Morgan fingerprint density at radius 3 is 1.23 bits per heavy atom. The Hall–Kier alpha value is -2.37. The van der Waals surface area contributed by atoms with E-state index in [4.69, 9.17) is 9.47 Å². The smallest absolute Gasteiger partial charge is 0.220 e. The van der Waals surface area contributed by atoms with Gasteiger partial charge >= 0.3 is 0 Å². The summed E-state index contributed by atoms with van der Waals surface area (Å²) in [5.41, 5.74) is 0. The number of ether oxygens (including phenoxy) is 2. The molecule has 0 aliphatic carbocycles. The topological polar surface area (TPSA) is 149 Å². The van der Waals surface area contributed by atoms with Gasteiger partial charge < -0.3 is 40.3 Å². The molecule has 0 aromatic heterocycles. The average Bonchev–Trinajstić information content (AvgIpc) is 3.41. The van der Waals surface area contributed by atoms with Gasteiger partial charge in [-0.1, -0.05) is 286 Å². The van der Waals surface area contributed by atoms with Crippen LogP contribution >= 0.6 is 0 Å². The summed E-state index contributed by atoms with van der Waals surface area (Å²) >= 11 is 0. The van der Waals surface area contributed by atoms with E-state index in [1.54, 1.807) is 0 Å². The molecule has 0 radical (unpaired) electrons. The second-order valence-electron chi connectivity index (χ2n) is 21.8. The van der Waals surface area contributed by atoms with Crippen LogP contribution < -0.4 is 5.32 Å². The van der Waals surface area contributed by atoms with Gasteiger partial charge in [0, 0.05) is 6.42 Å². The number of rotatable bonds is 54. The third kappa shape index (κ3) is 44.2. The first-order valence-electron chi connectivity index (χ1n) is 31.6. The van der Waals surface area contributed by atoms with Gasteiger partial charge in [0.25, 0.3) is 0 Å². The number of allylic oxidation sites excluding steroid dienone is 12. The number of nitrogens with one attached hydrogen (secondary N) is 1. The number of unbranched alkanes of at least 4 members (excludes halogenated alkanes) is 32. The van der Waals surface area contributed by atoms with Gasteiger partial charge in [-0.2, -0.15) is 0 Å². The van der Waals surface area contributed by atoms with Crippen LogP contribution in [0.1, 0.15) is 284 Å². The van der Waals surface area contributed by atoms with Gasteiger partial charge in [0.1, 0.15) is 24.4 Å². The Morgan fingerprint density at radius 1 is 0.467 bits per heavy atom. The summed E-state index contributed by atoms with van der Waals surface area (Å²) in [6.07, 6.45) is 69.4. The summed E-state index contributed by atoms with van der Waals surface area (Å²) in [5, 5.41) is 54.8. The molecule has 6 N–H and O–H groups in total. The molecule has 1 fully saturated rings. The molecule has 0 spiro atoms. The van der Waals surface area contributed by atoms with Gasteiger partial charge in [-0.05, 0) is 64.2 Å². The number of hydrogen-bond donors (Lipinski definition) is 6. The first kappa shape index (κ1) is 70.6. The Labute approximate surface area is 461 Å². The highest BCUT2D eigenvalue weighted by atomic mass is 16.7.